The minimum absolute atomic E-state index is 0.126. The molecule has 0 radical (unpaired) electrons. The predicted octanol–water partition coefficient (Wildman–Crippen LogP) is 2.25. The molecule has 24 heavy (non-hydrogen) atoms. The summed E-state index contributed by atoms with van der Waals surface area (Å²) in [5.41, 5.74) is 4.24. The number of urea groups is 1. The molecule has 1 aliphatic rings. The molecule has 5 heteroatoms. The lowest BCUT2D eigenvalue weighted by atomic mass is 10.1. The van der Waals surface area contributed by atoms with Crippen LogP contribution in [0, 0.1) is 0 Å². The highest BCUT2D eigenvalue weighted by atomic mass is 16.2. The maximum Gasteiger partial charge on any atom is 0.315 e. The SMILES string of the molecule is CN1C(=O)Cc2cc(CCNC(=O)NCc3ccccc3)ccc21. The van der Waals surface area contributed by atoms with E-state index in [-0.39, 0.29) is 11.9 Å². The van der Waals surface area contributed by atoms with Crippen molar-refractivity contribution in [2.24, 2.45) is 0 Å². The van der Waals surface area contributed by atoms with E-state index < -0.39 is 0 Å². The van der Waals surface area contributed by atoms with Gasteiger partial charge in [-0.1, -0.05) is 42.5 Å². The average molecular weight is 323 g/mol. The van der Waals surface area contributed by atoms with E-state index >= 15 is 0 Å². The smallest absolute Gasteiger partial charge is 0.315 e. The number of rotatable bonds is 5. The molecule has 1 heterocycles. The summed E-state index contributed by atoms with van der Waals surface area (Å²) >= 11 is 0. The number of nitrogens with zero attached hydrogens (tertiary/aromatic N) is 1. The number of carbonyl (C=O) groups excluding carboxylic acids is 2. The van der Waals surface area contributed by atoms with Crippen LogP contribution in [0.1, 0.15) is 16.7 Å². The topological polar surface area (TPSA) is 61.4 Å². The van der Waals surface area contributed by atoms with Crippen molar-refractivity contribution in [1.82, 2.24) is 10.6 Å². The Hall–Kier alpha value is -2.82. The molecule has 2 N–H and O–H groups in total. The lowest BCUT2D eigenvalue weighted by Gasteiger charge is -2.11. The molecule has 0 unspecified atom stereocenters. The number of hydrogen-bond donors (Lipinski definition) is 2. The van der Waals surface area contributed by atoms with Gasteiger partial charge in [0, 0.05) is 25.8 Å². The van der Waals surface area contributed by atoms with Crippen molar-refractivity contribution in [1.29, 1.82) is 0 Å². The number of likely N-dealkylation sites (N-methyl/N-ethyl adjacent to an activating group) is 1. The van der Waals surface area contributed by atoms with Crippen LogP contribution in [0.25, 0.3) is 0 Å². The number of amides is 3. The maximum atomic E-state index is 11.8. The Morgan fingerprint density at radius 3 is 2.67 bits per heavy atom. The van der Waals surface area contributed by atoms with Gasteiger partial charge in [-0.05, 0) is 29.2 Å². The minimum atomic E-state index is -0.171. The van der Waals surface area contributed by atoms with Crippen molar-refractivity contribution in [3.05, 3.63) is 65.2 Å². The zero-order valence-electron chi connectivity index (χ0n) is 13.7. The number of benzene rings is 2. The third-order valence-electron chi connectivity index (χ3n) is 4.22. The summed E-state index contributed by atoms with van der Waals surface area (Å²) in [5, 5.41) is 5.70. The summed E-state index contributed by atoms with van der Waals surface area (Å²) in [6, 6.07) is 15.7. The molecule has 0 aliphatic carbocycles. The number of anilines is 1. The van der Waals surface area contributed by atoms with Crippen molar-refractivity contribution in [2.75, 3.05) is 18.5 Å². The predicted molar refractivity (Wildman–Crippen MR) is 93.9 cm³/mol. The fraction of sp³-hybridized carbons (Fsp3) is 0.263. The first-order valence-corrected chi connectivity index (χ1v) is 8.07. The Morgan fingerprint density at radius 2 is 1.88 bits per heavy atom. The third-order valence-corrected chi connectivity index (χ3v) is 4.22. The van der Waals surface area contributed by atoms with E-state index in [2.05, 4.69) is 16.7 Å². The van der Waals surface area contributed by atoms with Gasteiger partial charge >= 0.3 is 6.03 Å². The molecule has 0 bridgehead atoms. The second-order valence-corrected chi connectivity index (χ2v) is 5.94. The van der Waals surface area contributed by atoms with Crippen LogP contribution >= 0.6 is 0 Å². The molecule has 0 spiro atoms. The van der Waals surface area contributed by atoms with E-state index in [1.165, 1.54) is 0 Å². The fourth-order valence-electron chi connectivity index (χ4n) is 2.84. The summed E-state index contributed by atoms with van der Waals surface area (Å²) in [6.07, 6.45) is 1.20. The van der Waals surface area contributed by atoms with Gasteiger partial charge in [0.1, 0.15) is 0 Å². The molecule has 2 aromatic carbocycles. The molecule has 3 amide bonds. The first-order valence-electron chi connectivity index (χ1n) is 8.07. The van der Waals surface area contributed by atoms with Gasteiger partial charge in [0.15, 0.2) is 0 Å². The monoisotopic (exact) mass is 323 g/mol. The van der Waals surface area contributed by atoms with Crippen LogP contribution in [0.5, 0.6) is 0 Å². The zero-order chi connectivity index (χ0) is 16.9. The molecular formula is C19H21N3O2. The van der Waals surface area contributed by atoms with Crippen LogP contribution in [-0.4, -0.2) is 25.5 Å². The highest BCUT2D eigenvalue weighted by Gasteiger charge is 2.23. The summed E-state index contributed by atoms with van der Waals surface area (Å²) in [7, 11) is 1.80. The van der Waals surface area contributed by atoms with E-state index in [4.69, 9.17) is 0 Å². The van der Waals surface area contributed by atoms with Crippen molar-refractivity contribution in [3.8, 4) is 0 Å². The molecule has 0 fully saturated rings. The molecule has 3 rings (SSSR count). The van der Waals surface area contributed by atoms with Gasteiger partial charge in [-0.25, -0.2) is 4.79 Å². The Morgan fingerprint density at radius 1 is 1.08 bits per heavy atom. The first-order chi connectivity index (χ1) is 11.6. The van der Waals surface area contributed by atoms with Crippen molar-refractivity contribution >= 4 is 17.6 Å². The quantitative estimate of drug-likeness (QED) is 0.886. The summed E-state index contributed by atoms with van der Waals surface area (Å²) < 4.78 is 0. The van der Waals surface area contributed by atoms with E-state index in [0.29, 0.717) is 19.5 Å². The molecular weight excluding hydrogens is 302 g/mol. The molecule has 2 aromatic rings. The average Bonchev–Trinajstić information content (AvgIpc) is 2.88. The number of carbonyl (C=O) groups is 2. The van der Waals surface area contributed by atoms with Gasteiger partial charge in [0.05, 0.1) is 6.42 Å². The normalized spacial score (nSPS) is 12.9. The molecule has 0 aromatic heterocycles. The summed E-state index contributed by atoms with van der Waals surface area (Å²) in [4.78, 5) is 25.2. The number of hydrogen-bond acceptors (Lipinski definition) is 2. The van der Waals surface area contributed by atoms with Gasteiger partial charge < -0.3 is 15.5 Å². The van der Waals surface area contributed by atoms with Crippen molar-refractivity contribution in [2.45, 2.75) is 19.4 Å². The number of fused-ring (bicyclic) bond motifs is 1. The third kappa shape index (κ3) is 3.74. The Bertz CT molecular complexity index is 744. The molecule has 0 saturated carbocycles. The molecule has 1 aliphatic heterocycles. The molecule has 5 nitrogen and oxygen atoms in total. The second kappa shape index (κ2) is 7.17. The zero-order valence-corrected chi connectivity index (χ0v) is 13.7. The van der Waals surface area contributed by atoms with Crippen LogP contribution in [0.2, 0.25) is 0 Å². The lowest BCUT2D eigenvalue weighted by Crippen LogP contribution is -2.36. The van der Waals surface area contributed by atoms with E-state index in [0.717, 1.165) is 28.8 Å². The highest BCUT2D eigenvalue weighted by molar-refractivity contribution is 6.00. The van der Waals surface area contributed by atoms with Crippen LogP contribution in [0.3, 0.4) is 0 Å². The van der Waals surface area contributed by atoms with E-state index in [1.54, 1.807) is 11.9 Å². The highest BCUT2D eigenvalue weighted by Crippen LogP contribution is 2.28. The van der Waals surface area contributed by atoms with Crippen LogP contribution in [0.4, 0.5) is 10.5 Å². The Balaban J connectivity index is 1.44. The van der Waals surface area contributed by atoms with Crippen molar-refractivity contribution < 1.29 is 9.59 Å². The largest absolute Gasteiger partial charge is 0.338 e. The Kier molecular flexibility index (Phi) is 4.79. The fourth-order valence-corrected chi connectivity index (χ4v) is 2.84. The van der Waals surface area contributed by atoms with Gasteiger partial charge in [0.2, 0.25) is 5.91 Å². The lowest BCUT2D eigenvalue weighted by molar-refractivity contribution is -0.117. The first kappa shape index (κ1) is 16.1. The van der Waals surface area contributed by atoms with Crippen molar-refractivity contribution in [3.63, 3.8) is 0 Å². The minimum Gasteiger partial charge on any atom is -0.338 e. The van der Waals surface area contributed by atoms with Gasteiger partial charge in [-0.3, -0.25) is 4.79 Å². The molecule has 0 atom stereocenters. The standard InChI is InChI=1S/C19H21N3O2/c1-22-17-8-7-14(11-16(17)12-18(22)23)9-10-20-19(24)21-13-15-5-3-2-4-6-15/h2-8,11H,9-10,12-13H2,1H3,(H2,20,21,24). The second-order valence-electron chi connectivity index (χ2n) is 5.94. The van der Waals surface area contributed by atoms with E-state index in [9.17, 15) is 9.59 Å². The summed E-state index contributed by atoms with van der Waals surface area (Å²) in [6.45, 7) is 1.07. The van der Waals surface area contributed by atoms with Gasteiger partial charge in [-0.2, -0.15) is 0 Å². The van der Waals surface area contributed by atoms with Crippen LogP contribution < -0.4 is 15.5 Å². The van der Waals surface area contributed by atoms with Gasteiger partial charge in [-0.15, -0.1) is 0 Å². The number of nitrogens with one attached hydrogen (secondary N) is 2. The molecule has 124 valence electrons. The van der Waals surface area contributed by atoms with Gasteiger partial charge in [0.25, 0.3) is 0 Å². The maximum absolute atomic E-state index is 11.8. The van der Waals surface area contributed by atoms with Crippen LogP contribution in [-0.2, 0) is 24.2 Å². The van der Waals surface area contributed by atoms with Crippen LogP contribution in [0.15, 0.2) is 48.5 Å². The van der Waals surface area contributed by atoms with E-state index in [1.807, 2.05) is 42.5 Å². The Labute approximate surface area is 141 Å². The summed E-state index contributed by atoms with van der Waals surface area (Å²) in [5.74, 6) is 0.126. The molecule has 0 saturated heterocycles.